The van der Waals surface area contributed by atoms with Gasteiger partial charge in [0.1, 0.15) is 23.2 Å². The van der Waals surface area contributed by atoms with Crippen LogP contribution in [-0.4, -0.2) is 23.2 Å². The molecule has 0 saturated carbocycles. The molecule has 6 aromatic carbocycles. The molecular formula is C43H41O4P2. The van der Waals surface area contributed by atoms with E-state index in [1.807, 2.05) is 0 Å². The summed E-state index contributed by atoms with van der Waals surface area (Å²) in [6.45, 7) is 4.04. The van der Waals surface area contributed by atoms with Crippen molar-refractivity contribution < 1.29 is 19.8 Å². The number of carboxylic acid groups (broad SMARTS) is 2. The predicted molar refractivity (Wildman–Crippen MR) is 207 cm³/mol. The predicted octanol–water partition coefficient (Wildman–Crippen LogP) is 6.25. The lowest BCUT2D eigenvalue weighted by atomic mass is 10.3. The Kier molecular flexibility index (Phi) is 14.9. The first-order chi connectivity index (χ1) is 24.0. The van der Waals surface area contributed by atoms with E-state index in [1.54, 1.807) is 0 Å². The van der Waals surface area contributed by atoms with Gasteiger partial charge in [0.05, 0.1) is 6.16 Å². The summed E-state index contributed by atoms with van der Waals surface area (Å²) in [5.41, 5.74) is 0. The molecule has 247 valence electrons. The van der Waals surface area contributed by atoms with Gasteiger partial charge < -0.3 is 15.0 Å². The van der Waals surface area contributed by atoms with Gasteiger partial charge >= 0.3 is 5.97 Å². The fourth-order valence-electron chi connectivity index (χ4n) is 5.59. The molecule has 4 nitrogen and oxygen atoms in total. The van der Waals surface area contributed by atoms with Crippen molar-refractivity contribution in [2.45, 2.75) is 19.3 Å². The fourth-order valence-corrected chi connectivity index (χ4v) is 12.3. The molecule has 0 fully saturated rings. The summed E-state index contributed by atoms with van der Waals surface area (Å²) in [6.07, 6.45) is 4.63. The maximum atomic E-state index is 9.04. The van der Waals surface area contributed by atoms with Crippen molar-refractivity contribution in [1.82, 2.24) is 0 Å². The number of hydrogen-bond donors (Lipinski definition) is 1. The second-order valence-electron chi connectivity index (χ2n) is 11.0. The lowest BCUT2D eigenvalue weighted by molar-refractivity contribution is -0.303. The third-order valence-electron chi connectivity index (χ3n) is 7.80. The maximum Gasteiger partial charge on any atom is 0.351 e. The molecule has 1 radical (unpaired) electrons. The molecular weight excluding hydrogens is 642 g/mol. The molecule has 6 rings (SSSR count). The molecule has 0 aliphatic heterocycles. The van der Waals surface area contributed by atoms with Crippen LogP contribution in [0.5, 0.6) is 0 Å². The molecule has 0 amide bonds. The van der Waals surface area contributed by atoms with E-state index < -0.39 is 27.1 Å². The van der Waals surface area contributed by atoms with Gasteiger partial charge in [-0.25, -0.2) is 4.79 Å². The monoisotopic (exact) mass is 683 g/mol. The van der Waals surface area contributed by atoms with E-state index in [2.05, 4.69) is 189 Å². The fraction of sp³-hybridized carbons (Fsp3) is 0.0930. The molecule has 0 aliphatic rings. The van der Waals surface area contributed by atoms with Crippen LogP contribution >= 0.6 is 15.2 Å². The molecule has 0 heterocycles. The zero-order chi connectivity index (χ0) is 34.7. The summed E-state index contributed by atoms with van der Waals surface area (Å²) in [5, 5.41) is 24.9. The largest absolute Gasteiger partial charge is 0.539 e. The summed E-state index contributed by atoms with van der Waals surface area (Å²) in [7, 11) is -2.06. The van der Waals surface area contributed by atoms with Crippen molar-refractivity contribution in [3.05, 3.63) is 189 Å². The van der Waals surface area contributed by atoms with E-state index >= 15 is 0 Å². The number of hydrogen-bond acceptors (Lipinski definition) is 3. The maximum absolute atomic E-state index is 9.04. The average molecular weight is 684 g/mol. The SMILES string of the molecule is O=C([O-])C(=O)O.[CH2]CCCC[P+](c1ccccc1)(c1ccccc1)c1ccccc1.c1ccc(P(c2ccccc2)c2ccccc2)cc1. The van der Waals surface area contributed by atoms with Gasteiger partial charge in [-0.1, -0.05) is 159 Å². The van der Waals surface area contributed by atoms with Gasteiger partial charge in [-0.3, -0.25) is 0 Å². The molecule has 6 heteroatoms. The number of carbonyl (C=O) groups is 2. The Bertz CT molecular complexity index is 1600. The van der Waals surface area contributed by atoms with Gasteiger partial charge in [0.2, 0.25) is 0 Å². The minimum atomic E-state index is -2.07. The van der Waals surface area contributed by atoms with Crippen LogP contribution in [0.4, 0.5) is 0 Å². The molecule has 0 bridgehead atoms. The number of aliphatic carboxylic acids is 2. The smallest absolute Gasteiger partial charge is 0.351 e. The van der Waals surface area contributed by atoms with Crippen molar-refractivity contribution in [1.29, 1.82) is 0 Å². The summed E-state index contributed by atoms with van der Waals surface area (Å²) < 4.78 is 0. The average Bonchev–Trinajstić information content (AvgIpc) is 3.16. The highest BCUT2D eigenvalue weighted by Crippen LogP contribution is 2.55. The Labute approximate surface area is 292 Å². The quantitative estimate of drug-likeness (QED) is 0.105. The number of benzene rings is 6. The van der Waals surface area contributed by atoms with Crippen molar-refractivity contribution in [3.63, 3.8) is 0 Å². The van der Waals surface area contributed by atoms with Crippen LogP contribution in [0, 0.1) is 6.92 Å². The van der Waals surface area contributed by atoms with E-state index in [9.17, 15) is 0 Å². The summed E-state index contributed by atoms with van der Waals surface area (Å²) >= 11 is 0. The zero-order valence-corrected chi connectivity index (χ0v) is 29.2. The summed E-state index contributed by atoms with van der Waals surface area (Å²) in [6, 6.07) is 65.6. The highest BCUT2D eigenvalue weighted by atomic mass is 31.2. The van der Waals surface area contributed by atoms with Crippen molar-refractivity contribution in [3.8, 4) is 0 Å². The van der Waals surface area contributed by atoms with E-state index in [4.69, 9.17) is 19.8 Å². The van der Waals surface area contributed by atoms with Gasteiger partial charge in [0.15, 0.2) is 5.97 Å². The first-order valence-corrected chi connectivity index (χ1v) is 19.5. The van der Waals surface area contributed by atoms with Crippen molar-refractivity contribution in [2.75, 3.05) is 6.16 Å². The van der Waals surface area contributed by atoms with Gasteiger partial charge in [-0.2, -0.15) is 0 Å². The Morgan fingerprint density at radius 2 is 0.776 bits per heavy atom. The lowest BCUT2D eigenvalue weighted by Crippen LogP contribution is -2.33. The highest BCUT2D eigenvalue weighted by Gasteiger charge is 2.44. The molecule has 49 heavy (non-hydrogen) atoms. The van der Waals surface area contributed by atoms with Gasteiger partial charge in [0.25, 0.3) is 0 Å². The number of carbonyl (C=O) groups excluding carboxylic acids is 1. The second-order valence-corrected chi connectivity index (χ2v) is 16.9. The Morgan fingerprint density at radius 3 is 1.02 bits per heavy atom. The van der Waals surface area contributed by atoms with E-state index in [-0.39, 0.29) is 0 Å². The number of unbranched alkanes of at least 4 members (excludes halogenated alkanes) is 2. The van der Waals surface area contributed by atoms with Crippen LogP contribution in [-0.2, 0) is 9.59 Å². The standard InChI is InChI=1S/C23H25P.C18H15P.C2H2O4/c1-2-3-13-20-24(21-14-7-4-8-15-21,22-16-9-5-10-17-22)23-18-11-6-12-19-23;1-4-10-16(11-5-1)19(17-12-6-2-7-13-17)18-14-8-3-9-15-18;3-1(4)2(5)6/h4-12,14-19H,1-3,13,20H2;1-15H;(H,3,4)(H,5,6)/q+1;;/p-1. The normalized spacial score (nSPS) is 10.6. The zero-order valence-electron chi connectivity index (χ0n) is 27.4. The molecule has 0 aliphatic carbocycles. The molecule has 0 spiro atoms. The van der Waals surface area contributed by atoms with Gasteiger partial charge in [-0.05, 0) is 73.1 Å². The highest BCUT2D eigenvalue weighted by molar-refractivity contribution is 7.95. The first kappa shape index (κ1) is 36.9. The van der Waals surface area contributed by atoms with Crippen LogP contribution in [0.15, 0.2) is 182 Å². The summed E-state index contributed by atoms with van der Waals surface area (Å²) in [4.78, 5) is 18.0. The van der Waals surface area contributed by atoms with Crippen LogP contribution < -0.4 is 36.9 Å². The Hall–Kier alpha value is -4.88. The van der Waals surface area contributed by atoms with Crippen LogP contribution in [0.2, 0.25) is 0 Å². The minimum absolute atomic E-state index is 0.446. The Balaban J connectivity index is 0.000000193. The van der Waals surface area contributed by atoms with E-state index in [0.29, 0.717) is 0 Å². The van der Waals surface area contributed by atoms with Crippen LogP contribution in [0.1, 0.15) is 19.3 Å². The number of carboxylic acids is 2. The van der Waals surface area contributed by atoms with Crippen LogP contribution in [0.25, 0.3) is 0 Å². The Morgan fingerprint density at radius 1 is 0.510 bits per heavy atom. The molecule has 0 aromatic heterocycles. The van der Waals surface area contributed by atoms with Crippen LogP contribution in [0.3, 0.4) is 0 Å². The molecule has 0 unspecified atom stereocenters. The molecule has 0 atom stereocenters. The third-order valence-corrected chi connectivity index (χ3v) is 14.8. The minimum Gasteiger partial charge on any atom is -0.539 e. The van der Waals surface area contributed by atoms with E-state index in [0.717, 1.165) is 6.42 Å². The number of rotatable bonds is 10. The summed E-state index contributed by atoms with van der Waals surface area (Å²) in [5.74, 6) is -4.01. The molecule has 1 N–H and O–H groups in total. The molecule has 0 saturated heterocycles. The third kappa shape index (κ3) is 10.6. The van der Waals surface area contributed by atoms with Gasteiger partial charge in [-0.15, -0.1) is 0 Å². The van der Waals surface area contributed by atoms with Crippen molar-refractivity contribution in [2.24, 2.45) is 0 Å². The second kappa shape index (κ2) is 19.8. The van der Waals surface area contributed by atoms with Gasteiger partial charge in [0, 0.05) is 0 Å². The first-order valence-electron chi connectivity index (χ1n) is 16.2. The van der Waals surface area contributed by atoms with E-state index in [1.165, 1.54) is 50.8 Å². The molecule has 6 aromatic rings. The topological polar surface area (TPSA) is 77.4 Å². The van der Waals surface area contributed by atoms with Crippen molar-refractivity contribution >= 4 is 58.9 Å². The lowest BCUT2D eigenvalue weighted by Gasteiger charge is -2.27.